The van der Waals surface area contributed by atoms with Crippen LogP contribution in [0.2, 0.25) is 0 Å². The van der Waals surface area contributed by atoms with E-state index in [0.29, 0.717) is 12.6 Å². The quantitative estimate of drug-likeness (QED) is 0.553. The van der Waals surface area contributed by atoms with Gasteiger partial charge in [-0.25, -0.2) is 21.9 Å². The first kappa shape index (κ1) is 21.2. The van der Waals surface area contributed by atoms with Crippen molar-refractivity contribution in [2.75, 3.05) is 11.9 Å². The summed E-state index contributed by atoms with van der Waals surface area (Å²) in [6.07, 6.45) is 5.06. The van der Waals surface area contributed by atoms with Crippen LogP contribution < -0.4 is 10.0 Å². The van der Waals surface area contributed by atoms with Gasteiger partial charge in [0, 0.05) is 24.3 Å². The third kappa shape index (κ3) is 5.30. The molecular weight excluding hydrogens is 450 g/mol. The molecule has 1 fully saturated rings. The maximum absolute atomic E-state index is 14.2. The van der Waals surface area contributed by atoms with E-state index in [1.807, 2.05) is 30.3 Å². The van der Waals surface area contributed by atoms with Crippen molar-refractivity contribution in [2.24, 2.45) is 5.92 Å². The molecule has 0 radical (unpaired) electrons. The lowest BCUT2D eigenvalue weighted by atomic mass is 9.84. The molecule has 0 aromatic heterocycles. The molecule has 8 heteroatoms. The van der Waals surface area contributed by atoms with Crippen molar-refractivity contribution in [3.05, 3.63) is 58.6 Å². The van der Waals surface area contributed by atoms with E-state index in [-0.39, 0.29) is 10.4 Å². The number of benzene rings is 2. The van der Waals surface area contributed by atoms with Gasteiger partial charge in [-0.1, -0.05) is 37.5 Å². The Hall–Kier alpha value is -1.51. The second-order valence-corrected chi connectivity index (χ2v) is 9.61. The zero-order chi connectivity index (χ0) is 20.1. The summed E-state index contributed by atoms with van der Waals surface area (Å²) in [7, 11) is -4.14. The zero-order valence-corrected chi connectivity index (χ0v) is 17.7. The largest absolute Gasteiger partial charge is 0.383 e. The highest BCUT2D eigenvalue weighted by molar-refractivity contribution is 9.10. The Morgan fingerprint density at radius 1 is 1.04 bits per heavy atom. The van der Waals surface area contributed by atoms with E-state index in [1.54, 1.807) is 0 Å². The molecule has 4 nitrogen and oxygen atoms in total. The molecule has 1 saturated carbocycles. The van der Waals surface area contributed by atoms with E-state index < -0.39 is 32.6 Å². The number of sulfonamides is 1. The molecule has 1 aliphatic rings. The number of nitrogens with one attached hydrogen (secondary N) is 2. The van der Waals surface area contributed by atoms with Crippen molar-refractivity contribution in [2.45, 2.75) is 43.0 Å². The molecule has 1 aliphatic carbocycles. The maximum Gasteiger partial charge on any atom is 0.243 e. The molecule has 0 spiro atoms. The van der Waals surface area contributed by atoms with Gasteiger partial charge in [-0.2, -0.15) is 0 Å². The summed E-state index contributed by atoms with van der Waals surface area (Å²) in [5.74, 6) is -1.79. The van der Waals surface area contributed by atoms with Crippen LogP contribution in [0.5, 0.6) is 0 Å². The summed E-state index contributed by atoms with van der Waals surface area (Å²) in [6.45, 7) is 0.387. The fourth-order valence-electron chi connectivity index (χ4n) is 3.60. The number of halogens is 3. The minimum atomic E-state index is -4.14. The van der Waals surface area contributed by atoms with Gasteiger partial charge in [0.1, 0.15) is 16.5 Å². The second kappa shape index (κ2) is 9.33. The lowest BCUT2D eigenvalue weighted by Gasteiger charge is -2.31. The van der Waals surface area contributed by atoms with Crippen LogP contribution in [0.4, 0.5) is 14.5 Å². The first-order valence-electron chi connectivity index (χ1n) is 9.32. The first-order chi connectivity index (χ1) is 13.4. The fourth-order valence-corrected chi connectivity index (χ4v) is 5.48. The van der Waals surface area contributed by atoms with Crippen molar-refractivity contribution in [3.8, 4) is 0 Å². The molecular formula is C20H23BrF2N2O2S. The molecule has 2 aromatic carbocycles. The van der Waals surface area contributed by atoms with Gasteiger partial charge in [0.15, 0.2) is 0 Å². The summed E-state index contributed by atoms with van der Waals surface area (Å²) >= 11 is 2.93. The summed E-state index contributed by atoms with van der Waals surface area (Å²) < 4.78 is 56.0. The smallest absolute Gasteiger partial charge is 0.243 e. The van der Waals surface area contributed by atoms with Crippen LogP contribution in [-0.4, -0.2) is 21.0 Å². The van der Waals surface area contributed by atoms with Crippen LogP contribution in [0.3, 0.4) is 0 Å². The number of hydrogen-bond acceptors (Lipinski definition) is 3. The predicted molar refractivity (Wildman–Crippen MR) is 110 cm³/mol. The van der Waals surface area contributed by atoms with Crippen molar-refractivity contribution in [1.29, 1.82) is 0 Å². The molecule has 28 heavy (non-hydrogen) atoms. The topological polar surface area (TPSA) is 58.2 Å². The lowest BCUT2D eigenvalue weighted by molar-refractivity contribution is 0.297. The van der Waals surface area contributed by atoms with Crippen LogP contribution in [0.1, 0.15) is 32.1 Å². The Morgan fingerprint density at radius 3 is 2.39 bits per heavy atom. The third-order valence-corrected chi connectivity index (χ3v) is 7.20. The van der Waals surface area contributed by atoms with Crippen molar-refractivity contribution in [1.82, 2.24) is 4.72 Å². The number of anilines is 1. The summed E-state index contributed by atoms with van der Waals surface area (Å²) in [6, 6.07) is 10.7. The highest BCUT2D eigenvalue weighted by Crippen LogP contribution is 2.29. The number of hydrogen-bond donors (Lipinski definition) is 2. The zero-order valence-electron chi connectivity index (χ0n) is 15.3. The average Bonchev–Trinajstić information content (AvgIpc) is 2.69. The molecule has 0 aliphatic heterocycles. The van der Waals surface area contributed by atoms with Crippen molar-refractivity contribution < 1.29 is 17.2 Å². The Bertz CT molecular complexity index is 904. The van der Waals surface area contributed by atoms with Gasteiger partial charge in [0.2, 0.25) is 10.0 Å². The van der Waals surface area contributed by atoms with Crippen LogP contribution in [0.15, 0.2) is 51.8 Å². The van der Waals surface area contributed by atoms with Gasteiger partial charge in [0.25, 0.3) is 0 Å². The standard InChI is InChI=1S/C20H23BrF2N2O2S/c21-16-11-20(18(23)12-17(16)22)28(26,27)25-19(14-7-3-1-4-8-14)13-24-15-9-5-2-6-10-15/h2,5-6,9-12,14,19,24-25H,1,3-4,7-8,13H2/t19-/m0/s1. The third-order valence-electron chi connectivity index (χ3n) is 5.09. The van der Waals surface area contributed by atoms with Crippen LogP contribution in [0.25, 0.3) is 0 Å². The van der Waals surface area contributed by atoms with E-state index in [9.17, 15) is 17.2 Å². The molecule has 1 atom stereocenters. The maximum atomic E-state index is 14.2. The highest BCUT2D eigenvalue weighted by atomic mass is 79.9. The normalized spacial score (nSPS) is 16.7. The second-order valence-electron chi connectivity index (χ2n) is 7.07. The van der Waals surface area contributed by atoms with Gasteiger partial charge in [0.05, 0.1) is 4.47 Å². The Kier molecular flexibility index (Phi) is 7.06. The molecule has 0 heterocycles. The molecule has 2 aromatic rings. The Morgan fingerprint density at radius 2 is 1.71 bits per heavy atom. The number of para-hydroxylation sites is 1. The Balaban J connectivity index is 1.82. The number of rotatable bonds is 7. The van der Waals surface area contributed by atoms with E-state index in [1.165, 1.54) is 0 Å². The van der Waals surface area contributed by atoms with Crippen molar-refractivity contribution >= 4 is 31.6 Å². The summed E-state index contributed by atoms with van der Waals surface area (Å²) in [5, 5.41) is 3.26. The minimum Gasteiger partial charge on any atom is -0.383 e. The van der Waals surface area contributed by atoms with Gasteiger partial charge in [-0.15, -0.1) is 0 Å². The average molecular weight is 473 g/mol. The monoisotopic (exact) mass is 472 g/mol. The SMILES string of the molecule is O=S(=O)(N[C@@H](CNc1ccccc1)C1CCCCC1)c1cc(Br)c(F)cc1F. The molecule has 0 unspecified atom stereocenters. The summed E-state index contributed by atoms with van der Waals surface area (Å²) in [5.41, 5.74) is 0.887. The summed E-state index contributed by atoms with van der Waals surface area (Å²) in [4.78, 5) is -0.554. The molecule has 0 saturated heterocycles. The minimum absolute atomic E-state index is 0.0918. The van der Waals surface area contributed by atoms with E-state index in [4.69, 9.17) is 0 Å². The highest BCUT2D eigenvalue weighted by Gasteiger charge is 2.30. The van der Waals surface area contributed by atoms with Crippen LogP contribution in [-0.2, 0) is 10.0 Å². The predicted octanol–water partition coefficient (Wildman–Crippen LogP) is 5.07. The van der Waals surface area contributed by atoms with Gasteiger partial charge >= 0.3 is 0 Å². The van der Waals surface area contributed by atoms with Crippen molar-refractivity contribution in [3.63, 3.8) is 0 Å². The van der Waals surface area contributed by atoms with Crippen LogP contribution >= 0.6 is 15.9 Å². The van der Waals surface area contributed by atoms with Gasteiger partial charge < -0.3 is 5.32 Å². The molecule has 2 N–H and O–H groups in total. The molecule has 0 amide bonds. The van der Waals surface area contributed by atoms with Crippen LogP contribution in [0, 0.1) is 17.6 Å². The fraction of sp³-hybridized carbons (Fsp3) is 0.400. The Labute approximate surface area is 172 Å². The molecule has 0 bridgehead atoms. The lowest BCUT2D eigenvalue weighted by Crippen LogP contribution is -2.45. The first-order valence-corrected chi connectivity index (χ1v) is 11.6. The van der Waals surface area contributed by atoms with Gasteiger partial charge in [-0.05, 0) is 52.9 Å². The van der Waals surface area contributed by atoms with Gasteiger partial charge in [-0.3, -0.25) is 0 Å². The van der Waals surface area contributed by atoms with E-state index in [2.05, 4.69) is 26.0 Å². The van der Waals surface area contributed by atoms with E-state index >= 15 is 0 Å². The molecule has 152 valence electrons. The molecule has 3 rings (SSSR count). The van der Waals surface area contributed by atoms with E-state index in [0.717, 1.165) is 43.9 Å².